The van der Waals surface area contributed by atoms with Crippen molar-refractivity contribution in [2.45, 2.75) is 121 Å². The molecular formula is C19H38O3. The first-order valence-corrected chi connectivity index (χ1v) is 9.76. The molecule has 1 rings (SSSR count). The zero-order valence-electron chi connectivity index (χ0n) is 14.4. The summed E-state index contributed by atoms with van der Waals surface area (Å²) in [6, 6.07) is 0. The molecule has 0 aliphatic heterocycles. The van der Waals surface area contributed by atoms with Crippen molar-refractivity contribution in [1.82, 2.24) is 0 Å². The molecule has 3 N–H and O–H groups in total. The van der Waals surface area contributed by atoms with Crippen LogP contribution in [0.1, 0.15) is 103 Å². The van der Waals surface area contributed by atoms with Gasteiger partial charge in [-0.3, -0.25) is 0 Å². The third-order valence-corrected chi connectivity index (χ3v) is 5.04. The number of aliphatic hydroxyl groups is 3. The highest BCUT2D eigenvalue weighted by molar-refractivity contribution is 4.75. The van der Waals surface area contributed by atoms with Crippen molar-refractivity contribution in [3.05, 3.63) is 0 Å². The Balaban J connectivity index is 2.27. The quantitative estimate of drug-likeness (QED) is 0.624. The van der Waals surface area contributed by atoms with Gasteiger partial charge in [0.05, 0.1) is 12.2 Å². The van der Waals surface area contributed by atoms with E-state index in [-0.39, 0.29) is 0 Å². The minimum Gasteiger partial charge on any atom is -0.390 e. The molecule has 22 heavy (non-hydrogen) atoms. The molecule has 1 fully saturated rings. The maximum absolute atomic E-state index is 9.98. The lowest BCUT2D eigenvalue weighted by Crippen LogP contribution is -2.37. The average Bonchev–Trinajstić information content (AvgIpc) is 2.52. The highest BCUT2D eigenvalue weighted by Crippen LogP contribution is 2.17. The Kier molecular flexibility index (Phi) is 12.1. The Hall–Kier alpha value is -0.120. The van der Waals surface area contributed by atoms with Gasteiger partial charge >= 0.3 is 0 Å². The molecule has 2 unspecified atom stereocenters. The second-order valence-electron chi connectivity index (χ2n) is 7.15. The van der Waals surface area contributed by atoms with Crippen molar-refractivity contribution in [1.29, 1.82) is 0 Å². The van der Waals surface area contributed by atoms with Crippen LogP contribution in [-0.2, 0) is 0 Å². The lowest BCUT2D eigenvalue weighted by Gasteiger charge is -2.23. The topological polar surface area (TPSA) is 60.7 Å². The molecule has 0 heterocycles. The Morgan fingerprint density at radius 3 is 0.864 bits per heavy atom. The van der Waals surface area contributed by atoms with Gasteiger partial charge in [0.25, 0.3) is 0 Å². The number of hydrogen-bond acceptors (Lipinski definition) is 3. The molecule has 1 aliphatic carbocycles. The smallest absolute Gasteiger partial charge is 0.106 e. The fourth-order valence-corrected chi connectivity index (χ4v) is 3.43. The molecular weight excluding hydrogens is 276 g/mol. The second-order valence-corrected chi connectivity index (χ2v) is 7.15. The number of hydrogen-bond donors (Lipinski definition) is 3. The molecule has 0 aromatic heterocycles. The summed E-state index contributed by atoms with van der Waals surface area (Å²) in [4.78, 5) is 0. The monoisotopic (exact) mass is 314 g/mol. The standard InChI is InChI=1S/C19H38O3/c20-17-15-13-11-9-7-5-3-1-2-4-6-8-10-12-14-16-18(21)19(17)22/h17-22H,1-16H2. The van der Waals surface area contributed by atoms with Crippen LogP contribution in [-0.4, -0.2) is 33.6 Å². The van der Waals surface area contributed by atoms with Gasteiger partial charge in [-0.1, -0.05) is 89.9 Å². The molecule has 0 radical (unpaired) electrons. The zero-order chi connectivity index (χ0) is 16.0. The van der Waals surface area contributed by atoms with Crippen molar-refractivity contribution in [3.8, 4) is 0 Å². The van der Waals surface area contributed by atoms with E-state index in [0.29, 0.717) is 12.8 Å². The van der Waals surface area contributed by atoms with E-state index in [4.69, 9.17) is 0 Å². The Morgan fingerprint density at radius 2 is 0.591 bits per heavy atom. The summed E-state index contributed by atoms with van der Waals surface area (Å²) in [6.07, 6.45) is 16.1. The van der Waals surface area contributed by atoms with Gasteiger partial charge in [-0.05, 0) is 12.8 Å². The van der Waals surface area contributed by atoms with Crippen LogP contribution in [0.4, 0.5) is 0 Å². The Morgan fingerprint density at radius 1 is 0.364 bits per heavy atom. The Bertz CT molecular complexity index is 221. The fraction of sp³-hybridized carbons (Fsp3) is 1.00. The molecule has 0 bridgehead atoms. The molecule has 1 aliphatic rings. The number of aliphatic hydroxyl groups excluding tert-OH is 3. The molecule has 2 atom stereocenters. The van der Waals surface area contributed by atoms with E-state index in [1.807, 2.05) is 0 Å². The van der Waals surface area contributed by atoms with Gasteiger partial charge < -0.3 is 15.3 Å². The first-order chi connectivity index (χ1) is 10.7. The van der Waals surface area contributed by atoms with Crippen molar-refractivity contribution >= 4 is 0 Å². The summed E-state index contributed by atoms with van der Waals surface area (Å²) in [5.74, 6) is 0. The van der Waals surface area contributed by atoms with E-state index in [9.17, 15) is 15.3 Å². The zero-order valence-corrected chi connectivity index (χ0v) is 14.4. The van der Waals surface area contributed by atoms with Crippen LogP contribution >= 0.6 is 0 Å². The maximum atomic E-state index is 9.98. The van der Waals surface area contributed by atoms with Gasteiger partial charge in [-0.25, -0.2) is 0 Å². The molecule has 0 aromatic carbocycles. The van der Waals surface area contributed by atoms with Crippen LogP contribution in [0.5, 0.6) is 0 Å². The maximum Gasteiger partial charge on any atom is 0.106 e. The predicted molar refractivity (Wildman–Crippen MR) is 91.9 cm³/mol. The van der Waals surface area contributed by atoms with E-state index < -0.39 is 18.3 Å². The van der Waals surface area contributed by atoms with Crippen molar-refractivity contribution in [2.75, 3.05) is 0 Å². The van der Waals surface area contributed by atoms with Gasteiger partial charge in [0.2, 0.25) is 0 Å². The van der Waals surface area contributed by atoms with E-state index in [2.05, 4.69) is 0 Å². The van der Waals surface area contributed by atoms with Gasteiger partial charge in [-0.15, -0.1) is 0 Å². The van der Waals surface area contributed by atoms with Crippen molar-refractivity contribution in [2.24, 2.45) is 0 Å². The number of rotatable bonds is 0. The molecule has 3 nitrogen and oxygen atoms in total. The van der Waals surface area contributed by atoms with Crippen LogP contribution in [0.3, 0.4) is 0 Å². The van der Waals surface area contributed by atoms with E-state index in [0.717, 1.165) is 25.7 Å². The summed E-state index contributed by atoms with van der Waals surface area (Å²) >= 11 is 0. The SMILES string of the molecule is OC1CCCCCCCCCCCCCCCCC(O)C1O. The first kappa shape index (κ1) is 19.9. The molecule has 132 valence electrons. The summed E-state index contributed by atoms with van der Waals surface area (Å²) in [6.45, 7) is 0. The normalized spacial score (nSPS) is 32.6. The summed E-state index contributed by atoms with van der Waals surface area (Å²) < 4.78 is 0. The van der Waals surface area contributed by atoms with Crippen LogP contribution < -0.4 is 0 Å². The largest absolute Gasteiger partial charge is 0.390 e. The molecule has 0 amide bonds. The van der Waals surface area contributed by atoms with Gasteiger partial charge in [0.15, 0.2) is 0 Å². The van der Waals surface area contributed by atoms with Crippen molar-refractivity contribution < 1.29 is 15.3 Å². The van der Waals surface area contributed by atoms with Crippen LogP contribution in [0.2, 0.25) is 0 Å². The molecule has 1 saturated carbocycles. The lowest BCUT2D eigenvalue weighted by molar-refractivity contribution is -0.0653. The summed E-state index contributed by atoms with van der Waals surface area (Å²) in [5, 5.41) is 29.9. The second kappa shape index (κ2) is 13.3. The highest BCUT2D eigenvalue weighted by atomic mass is 16.4. The van der Waals surface area contributed by atoms with E-state index in [1.165, 1.54) is 64.2 Å². The van der Waals surface area contributed by atoms with Gasteiger partial charge in [0, 0.05) is 0 Å². The van der Waals surface area contributed by atoms with Gasteiger partial charge in [0.1, 0.15) is 6.10 Å². The van der Waals surface area contributed by atoms with Crippen LogP contribution in [0, 0.1) is 0 Å². The first-order valence-electron chi connectivity index (χ1n) is 9.76. The molecule has 0 spiro atoms. The molecule has 0 saturated heterocycles. The van der Waals surface area contributed by atoms with Crippen molar-refractivity contribution in [3.63, 3.8) is 0 Å². The third-order valence-electron chi connectivity index (χ3n) is 5.04. The summed E-state index contributed by atoms with van der Waals surface area (Å²) in [7, 11) is 0. The predicted octanol–water partition coefficient (Wildman–Crippen LogP) is 4.32. The fourth-order valence-electron chi connectivity index (χ4n) is 3.43. The third kappa shape index (κ3) is 9.81. The van der Waals surface area contributed by atoms with Crippen LogP contribution in [0.25, 0.3) is 0 Å². The average molecular weight is 315 g/mol. The van der Waals surface area contributed by atoms with E-state index >= 15 is 0 Å². The minimum atomic E-state index is -0.970. The van der Waals surface area contributed by atoms with Gasteiger partial charge in [-0.2, -0.15) is 0 Å². The van der Waals surface area contributed by atoms with Crippen LogP contribution in [0.15, 0.2) is 0 Å². The summed E-state index contributed by atoms with van der Waals surface area (Å²) in [5.41, 5.74) is 0. The molecule has 0 aromatic rings. The Labute approximate surface area is 137 Å². The lowest BCUT2D eigenvalue weighted by atomic mass is 9.97. The highest BCUT2D eigenvalue weighted by Gasteiger charge is 2.23. The minimum absolute atomic E-state index is 0.609. The molecule has 3 heteroatoms. The van der Waals surface area contributed by atoms with E-state index in [1.54, 1.807) is 0 Å².